The van der Waals surface area contributed by atoms with Crippen molar-refractivity contribution in [3.63, 3.8) is 0 Å². The van der Waals surface area contributed by atoms with E-state index in [-0.39, 0.29) is 0 Å². The SMILES string of the molecule is NC(CNCC1CCNCC1)C(=O)O. The quantitative estimate of drug-likeness (QED) is 0.458. The van der Waals surface area contributed by atoms with Gasteiger partial charge in [-0.15, -0.1) is 0 Å². The van der Waals surface area contributed by atoms with Gasteiger partial charge >= 0.3 is 5.97 Å². The van der Waals surface area contributed by atoms with Crippen LogP contribution in [0, 0.1) is 5.92 Å². The number of aliphatic carboxylic acids is 1. The average Bonchev–Trinajstić information content (AvgIpc) is 2.19. The third kappa shape index (κ3) is 4.04. The predicted molar refractivity (Wildman–Crippen MR) is 54.1 cm³/mol. The largest absolute Gasteiger partial charge is 0.480 e. The number of nitrogens with one attached hydrogen (secondary N) is 2. The number of carbonyl (C=O) groups is 1. The number of hydrogen-bond acceptors (Lipinski definition) is 4. The highest BCUT2D eigenvalue weighted by Gasteiger charge is 2.14. The molecule has 0 saturated carbocycles. The Hall–Kier alpha value is -0.650. The fourth-order valence-electron chi connectivity index (χ4n) is 1.62. The second-order valence-corrected chi connectivity index (χ2v) is 3.80. The molecule has 1 aliphatic rings. The summed E-state index contributed by atoms with van der Waals surface area (Å²) < 4.78 is 0. The van der Waals surface area contributed by atoms with Crippen LogP contribution in [0.2, 0.25) is 0 Å². The molecule has 0 bridgehead atoms. The molecule has 0 aromatic rings. The molecular formula is C9H19N3O2. The van der Waals surface area contributed by atoms with Gasteiger partial charge in [-0.3, -0.25) is 4.79 Å². The van der Waals surface area contributed by atoms with Gasteiger partial charge in [0, 0.05) is 6.54 Å². The summed E-state index contributed by atoms with van der Waals surface area (Å²) in [6.07, 6.45) is 2.32. The molecule has 5 nitrogen and oxygen atoms in total. The van der Waals surface area contributed by atoms with Crippen LogP contribution in [0.1, 0.15) is 12.8 Å². The summed E-state index contributed by atoms with van der Waals surface area (Å²) in [4.78, 5) is 10.4. The normalized spacial score (nSPS) is 20.6. The van der Waals surface area contributed by atoms with Crippen molar-refractivity contribution in [1.29, 1.82) is 0 Å². The highest BCUT2D eigenvalue weighted by Crippen LogP contribution is 2.09. The van der Waals surface area contributed by atoms with E-state index < -0.39 is 12.0 Å². The van der Waals surface area contributed by atoms with Crippen molar-refractivity contribution in [2.45, 2.75) is 18.9 Å². The van der Waals surface area contributed by atoms with Crippen LogP contribution in [0.3, 0.4) is 0 Å². The van der Waals surface area contributed by atoms with Crippen LogP contribution in [-0.4, -0.2) is 43.3 Å². The van der Waals surface area contributed by atoms with Crippen LogP contribution in [0.4, 0.5) is 0 Å². The maximum atomic E-state index is 10.4. The monoisotopic (exact) mass is 201 g/mol. The fourth-order valence-corrected chi connectivity index (χ4v) is 1.62. The molecule has 0 amide bonds. The summed E-state index contributed by atoms with van der Waals surface area (Å²) in [7, 11) is 0. The van der Waals surface area contributed by atoms with Crippen molar-refractivity contribution in [2.75, 3.05) is 26.2 Å². The lowest BCUT2D eigenvalue weighted by Gasteiger charge is -2.23. The molecule has 82 valence electrons. The van der Waals surface area contributed by atoms with Gasteiger partial charge in [0.05, 0.1) is 0 Å². The van der Waals surface area contributed by atoms with E-state index >= 15 is 0 Å². The van der Waals surface area contributed by atoms with Crippen LogP contribution in [0.15, 0.2) is 0 Å². The maximum absolute atomic E-state index is 10.4. The minimum Gasteiger partial charge on any atom is -0.480 e. The van der Waals surface area contributed by atoms with Crippen LogP contribution in [-0.2, 0) is 4.79 Å². The van der Waals surface area contributed by atoms with Gasteiger partial charge in [0.25, 0.3) is 0 Å². The van der Waals surface area contributed by atoms with Crippen LogP contribution in [0.25, 0.3) is 0 Å². The molecule has 14 heavy (non-hydrogen) atoms. The van der Waals surface area contributed by atoms with Crippen LogP contribution < -0.4 is 16.4 Å². The molecule has 1 rings (SSSR count). The third-order valence-electron chi connectivity index (χ3n) is 2.57. The van der Waals surface area contributed by atoms with Crippen molar-refractivity contribution in [2.24, 2.45) is 11.7 Å². The third-order valence-corrected chi connectivity index (χ3v) is 2.57. The van der Waals surface area contributed by atoms with Crippen molar-refractivity contribution in [3.8, 4) is 0 Å². The first-order valence-corrected chi connectivity index (χ1v) is 5.10. The molecular weight excluding hydrogens is 182 g/mol. The predicted octanol–water partition coefficient (Wildman–Crippen LogP) is -1.01. The minimum absolute atomic E-state index is 0.360. The molecule has 0 aliphatic carbocycles. The van der Waals surface area contributed by atoms with E-state index in [9.17, 15) is 4.79 Å². The van der Waals surface area contributed by atoms with Gasteiger partial charge in [-0.05, 0) is 38.4 Å². The molecule has 1 fully saturated rings. The Morgan fingerprint density at radius 1 is 1.57 bits per heavy atom. The number of nitrogens with two attached hydrogens (primary N) is 1. The van der Waals surface area contributed by atoms with E-state index in [4.69, 9.17) is 10.8 Å². The molecule has 1 aliphatic heterocycles. The van der Waals surface area contributed by atoms with Crippen molar-refractivity contribution < 1.29 is 9.90 Å². The van der Waals surface area contributed by atoms with Gasteiger partial charge < -0.3 is 21.5 Å². The Balaban J connectivity index is 2.05. The van der Waals surface area contributed by atoms with E-state index in [1.54, 1.807) is 0 Å². The van der Waals surface area contributed by atoms with Gasteiger partial charge in [0.2, 0.25) is 0 Å². The first kappa shape index (κ1) is 11.4. The summed E-state index contributed by atoms with van der Waals surface area (Å²) in [6, 6.07) is -0.781. The highest BCUT2D eigenvalue weighted by molar-refractivity contribution is 5.73. The van der Waals surface area contributed by atoms with E-state index in [0.717, 1.165) is 32.5 Å². The zero-order valence-corrected chi connectivity index (χ0v) is 8.33. The van der Waals surface area contributed by atoms with Gasteiger partial charge in [-0.1, -0.05) is 0 Å². The Kier molecular flexibility index (Phi) is 4.86. The van der Waals surface area contributed by atoms with Crippen molar-refractivity contribution in [3.05, 3.63) is 0 Å². The van der Waals surface area contributed by atoms with E-state index in [0.29, 0.717) is 12.5 Å². The summed E-state index contributed by atoms with van der Waals surface area (Å²) in [5, 5.41) is 14.9. The first-order chi connectivity index (χ1) is 6.70. The number of rotatable bonds is 5. The molecule has 1 unspecified atom stereocenters. The Labute approximate surface area is 84.0 Å². The maximum Gasteiger partial charge on any atom is 0.321 e. The molecule has 1 saturated heterocycles. The Morgan fingerprint density at radius 2 is 2.21 bits per heavy atom. The first-order valence-electron chi connectivity index (χ1n) is 5.10. The van der Waals surface area contributed by atoms with Gasteiger partial charge in [0.1, 0.15) is 6.04 Å². The number of hydrogen-bond donors (Lipinski definition) is 4. The number of piperidine rings is 1. The van der Waals surface area contributed by atoms with Crippen LogP contribution >= 0.6 is 0 Å². The molecule has 0 aromatic carbocycles. The minimum atomic E-state index is -0.942. The standard InChI is InChI=1S/C9H19N3O2/c10-8(9(13)14)6-12-5-7-1-3-11-4-2-7/h7-8,11-12H,1-6,10H2,(H,13,14). The number of carboxylic acids is 1. The van der Waals surface area contributed by atoms with Gasteiger partial charge in [-0.2, -0.15) is 0 Å². The molecule has 1 atom stereocenters. The zero-order valence-electron chi connectivity index (χ0n) is 8.33. The zero-order chi connectivity index (χ0) is 10.4. The molecule has 0 radical (unpaired) electrons. The molecule has 5 heteroatoms. The number of carboxylic acid groups (broad SMARTS) is 1. The van der Waals surface area contributed by atoms with E-state index in [1.165, 1.54) is 0 Å². The van der Waals surface area contributed by atoms with Crippen molar-refractivity contribution >= 4 is 5.97 Å². The second kappa shape index (κ2) is 5.95. The summed E-state index contributed by atoms with van der Waals surface area (Å²) in [6.45, 7) is 3.37. The van der Waals surface area contributed by atoms with Gasteiger partial charge in [-0.25, -0.2) is 0 Å². The van der Waals surface area contributed by atoms with E-state index in [2.05, 4.69) is 10.6 Å². The highest BCUT2D eigenvalue weighted by atomic mass is 16.4. The molecule has 5 N–H and O–H groups in total. The van der Waals surface area contributed by atoms with Crippen molar-refractivity contribution in [1.82, 2.24) is 10.6 Å². The smallest absolute Gasteiger partial charge is 0.321 e. The van der Waals surface area contributed by atoms with Crippen LogP contribution in [0.5, 0.6) is 0 Å². The Bertz CT molecular complexity index is 181. The topological polar surface area (TPSA) is 87.4 Å². The average molecular weight is 201 g/mol. The molecule has 1 heterocycles. The molecule has 0 spiro atoms. The summed E-state index contributed by atoms with van der Waals surface area (Å²) in [5.41, 5.74) is 5.36. The fraction of sp³-hybridized carbons (Fsp3) is 0.889. The lowest BCUT2D eigenvalue weighted by molar-refractivity contribution is -0.138. The summed E-state index contributed by atoms with van der Waals surface area (Å²) >= 11 is 0. The van der Waals surface area contributed by atoms with Gasteiger partial charge in [0.15, 0.2) is 0 Å². The summed E-state index contributed by atoms with van der Waals surface area (Å²) in [5.74, 6) is -0.278. The second-order valence-electron chi connectivity index (χ2n) is 3.80. The van der Waals surface area contributed by atoms with E-state index in [1.807, 2.05) is 0 Å². The molecule has 0 aromatic heterocycles. The lowest BCUT2D eigenvalue weighted by Crippen LogP contribution is -2.42. The Morgan fingerprint density at radius 3 is 2.79 bits per heavy atom. The lowest BCUT2D eigenvalue weighted by atomic mass is 9.98.